The Bertz CT molecular complexity index is 473. The smallest absolute Gasteiger partial charge is 0.242 e. The third-order valence-corrected chi connectivity index (χ3v) is 3.51. The maximum Gasteiger partial charge on any atom is 0.242 e. The summed E-state index contributed by atoms with van der Waals surface area (Å²) >= 11 is 3.17. The van der Waals surface area contributed by atoms with Crippen molar-refractivity contribution >= 4 is 38.4 Å². The standard InChI is InChI=1S/C9H14BrN3O2S.ClH/c1-9(2,11)6-13-16(14,15)8-3-7(10)4-12-5-8;/h3-5,13H,6,11H2,1-2H3;1H. The Hall–Kier alpha value is -0.210. The van der Waals surface area contributed by atoms with Gasteiger partial charge in [0.15, 0.2) is 0 Å². The zero-order valence-corrected chi connectivity index (χ0v) is 12.7. The summed E-state index contributed by atoms with van der Waals surface area (Å²) in [6.45, 7) is 3.66. The van der Waals surface area contributed by atoms with Gasteiger partial charge in [-0.2, -0.15) is 0 Å². The van der Waals surface area contributed by atoms with Gasteiger partial charge in [0.2, 0.25) is 10.0 Å². The van der Waals surface area contributed by atoms with Gasteiger partial charge in [-0.15, -0.1) is 12.4 Å². The topological polar surface area (TPSA) is 85.1 Å². The summed E-state index contributed by atoms with van der Waals surface area (Å²) in [4.78, 5) is 3.91. The number of nitrogens with two attached hydrogens (primary N) is 1. The Morgan fingerprint density at radius 1 is 1.47 bits per heavy atom. The number of nitrogens with one attached hydrogen (secondary N) is 1. The van der Waals surface area contributed by atoms with Gasteiger partial charge in [0, 0.05) is 29.0 Å². The van der Waals surface area contributed by atoms with Crippen LogP contribution >= 0.6 is 28.3 Å². The first-order valence-corrected chi connectivity index (χ1v) is 6.87. The van der Waals surface area contributed by atoms with Gasteiger partial charge in [-0.25, -0.2) is 13.1 Å². The summed E-state index contributed by atoms with van der Waals surface area (Å²) in [5.41, 5.74) is 5.11. The van der Waals surface area contributed by atoms with Crippen LogP contribution in [0.1, 0.15) is 13.8 Å². The summed E-state index contributed by atoms with van der Waals surface area (Å²) in [6.07, 6.45) is 2.81. The van der Waals surface area contributed by atoms with E-state index in [1.54, 1.807) is 13.8 Å². The molecular weight excluding hydrogens is 330 g/mol. The van der Waals surface area contributed by atoms with Crippen molar-refractivity contribution in [3.8, 4) is 0 Å². The molecule has 0 aliphatic heterocycles. The fraction of sp³-hybridized carbons (Fsp3) is 0.444. The Morgan fingerprint density at radius 3 is 2.53 bits per heavy atom. The molecule has 0 radical (unpaired) electrons. The van der Waals surface area contributed by atoms with Crippen molar-refractivity contribution < 1.29 is 8.42 Å². The van der Waals surface area contributed by atoms with Crippen molar-refractivity contribution in [3.63, 3.8) is 0 Å². The lowest BCUT2D eigenvalue weighted by Gasteiger charge is -2.18. The van der Waals surface area contributed by atoms with Crippen molar-refractivity contribution in [1.29, 1.82) is 0 Å². The van der Waals surface area contributed by atoms with Crippen molar-refractivity contribution in [2.75, 3.05) is 6.54 Å². The second-order valence-electron chi connectivity index (χ2n) is 4.15. The molecule has 8 heteroatoms. The van der Waals surface area contributed by atoms with E-state index in [0.717, 1.165) is 0 Å². The normalized spacial score (nSPS) is 12.0. The van der Waals surface area contributed by atoms with Gasteiger partial charge in [-0.05, 0) is 35.8 Å². The largest absolute Gasteiger partial charge is 0.324 e. The molecule has 0 fully saturated rings. The molecule has 1 aromatic heterocycles. The van der Waals surface area contributed by atoms with Crippen LogP contribution in [0.5, 0.6) is 0 Å². The Balaban J connectivity index is 0.00000256. The average molecular weight is 345 g/mol. The summed E-state index contributed by atoms with van der Waals surface area (Å²) in [7, 11) is -3.54. The SMILES string of the molecule is CC(C)(N)CNS(=O)(=O)c1cncc(Br)c1.Cl. The maximum atomic E-state index is 11.8. The Kier molecular flexibility index (Phi) is 6.03. The van der Waals surface area contributed by atoms with Gasteiger partial charge in [-0.3, -0.25) is 4.98 Å². The zero-order chi connectivity index (χ0) is 12.4. The van der Waals surface area contributed by atoms with Crippen LogP contribution in [0.3, 0.4) is 0 Å². The van der Waals surface area contributed by atoms with Crippen LogP contribution in [0, 0.1) is 0 Å². The van der Waals surface area contributed by atoms with Crippen LogP contribution in [-0.2, 0) is 10.0 Å². The molecule has 3 N–H and O–H groups in total. The molecule has 0 spiro atoms. The number of pyridine rings is 1. The minimum atomic E-state index is -3.54. The van der Waals surface area contributed by atoms with Crippen LogP contribution < -0.4 is 10.5 Å². The summed E-state index contributed by atoms with van der Waals surface area (Å²) in [5, 5.41) is 0. The van der Waals surface area contributed by atoms with Crippen LogP contribution in [0.25, 0.3) is 0 Å². The molecule has 0 saturated heterocycles. The van der Waals surface area contributed by atoms with Crippen molar-refractivity contribution in [3.05, 3.63) is 22.9 Å². The summed E-state index contributed by atoms with van der Waals surface area (Å²) in [5.74, 6) is 0. The Labute approximate surface area is 116 Å². The fourth-order valence-electron chi connectivity index (χ4n) is 0.904. The molecule has 0 aliphatic carbocycles. The number of nitrogens with zero attached hydrogens (tertiary/aromatic N) is 1. The minimum Gasteiger partial charge on any atom is -0.324 e. The highest BCUT2D eigenvalue weighted by atomic mass is 79.9. The van der Waals surface area contributed by atoms with Crippen LogP contribution in [0.2, 0.25) is 0 Å². The maximum absolute atomic E-state index is 11.8. The van der Waals surface area contributed by atoms with Gasteiger partial charge >= 0.3 is 0 Å². The summed E-state index contributed by atoms with van der Waals surface area (Å²) in [6, 6.07) is 1.48. The van der Waals surface area contributed by atoms with E-state index in [2.05, 4.69) is 25.6 Å². The molecule has 1 aromatic rings. The molecule has 0 aliphatic rings. The number of halogens is 2. The number of aromatic nitrogens is 1. The first-order valence-electron chi connectivity index (χ1n) is 4.60. The molecular formula is C9H15BrClN3O2S. The molecule has 0 atom stereocenters. The van der Waals surface area contributed by atoms with Crippen molar-refractivity contribution in [2.45, 2.75) is 24.3 Å². The van der Waals surface area contributed by atoms with Crippen molar-refractivity contribution in [2.24, 2.45) is 5.73 Å². The third-order valence-electron chi connectivity index (χ3n) is 1.71. The van der Waals surface area contributed by atoms with Gasteiger partial charge < -0.3 is 5.73 Å². The number of hydrogen-bond acceptors (Lipinski definition) is 4. The monoisotopic (exact) mass is 343 g/mol. The third kappa shape index (κ3) is 5.78. The molecule has 98 valence electrons. The van der Waals surface area contributed by atoms with E-state index < -0.39 is 15.6 Å². The highest BCUT2D eigenvalue weighted by molar-refractivity contribution is 9.10. The molecule has 1 rings (SSSR count). The molecule has 0 bridgehead atoms. The summed E-state index contributed by atoms with van der Waals surface area (Å²) < 4.78 is 26.6. The molecule has 5 nitrogen and oxygen atoms in total. The lowest BCUT2D eigenvalue weighted by molar-refractivity contribution is 0.498. The lowest BCUT2D eigenvalue weighted by atomic mass is 10.1. The first kappa shape index (κ1) is 16.8. The van der Waals surface area contributed by atoms with Crippen LogP contribution in [-0.4, -0.2) is 25.5 Å². The quantitative estimate of drug-likeness (QED) is 0.861. The van der Waals surface area contributed by atoms with Gasteiger partial charge in [0.05, 0.1) is 0 Å². The molecule has 0 unspecified atom stereocenters. The number of sulfonamides is 1. The van der Waals surface area contributed by atoms with E-state index in [1.807, 2.05) is 0 Å². The lowest BCUT2D eigenvalue weighted by Crippen LogP contribution is -2.45. The molecule has 0 saturated carbocycles. The van der Waals surface area contributed by atoms with E-state index in [-0.39, 0.29) is 23.8 Å². The Morgan fingerprint density at radius 2 is 2.06 bits per heavy atom. The van der Waals surface area contributed by atoms with Crippen LogP contribution in [0.4, 0.5) is 0 Å². The van der Waals surface area contributed by atoms with E-state index in [9.17, 15) is 8.42 Å². The van der Waals surface area contributed by atoms with Gasteiger partial charge in [-0.1, -0.05) is 0 Å². The predicted octanol–water partition coefficient (Wildman–Crippen LogP) is 1.28. The second-order valence-corrected chi connectivity index (χ2v) is 6.83. The predicted molar refractivity (Wildman–Crippen MR) is 72.6 cm³/mol. The van der Waals surface area contributed by atoms with E-state index in [4.69, 9.17) is 5.73 Å². The van der Waals surface area contributed by atoms with Crippen molar-refractivity contribution in [1.82, 2.24) is 9.71 Å². The van der Waals surface area contributed by atoms with E-state index in [1.165, 1.54) is 18.5 Å². The molecule has 0 amide bonds. The second kappa shape index (κ2) is 6.10. The number of hydrogen-bond donors (Lipinski definition) is 2. The highest BCUT2D eigenvalue weighted by Gasteiger charge is 2.19. The van der Waals surface area contributed by atoms with E-state index >= 15 is 0 Å². The van der Waals surface area contributed by atoms with Gasteiger partial charge in [0.1, 0.15) is 4.90 Å². The molecule has 0 aromatic carbocycles. The van der Waals surface area contributed by atoms with E-state index in [0.29, 0.717) is 4.47 Å². The van der Waals surface area contributed by atoms with Gasteiger partial charge in [0.25, 0.3) is 0 Å². The van der Waals surface area contributed by atoms with Crippen LogP contribution in [0.15, 0.2) is 27.8 Å². The molecule has 1 heterocycles. The minimum absolute atomic E-state index is 0. The zero-order valence-electron chi connectivity index (χ0n) is 9.47. The average Bonchev–Trinajstić information content (AvgIpc) is 2.14. The number of rotatable bonds is 4. The first-order chi connectivity index (χ1) is 7.21. The highest BCUT2D eigenvalue weighted by Crippen LogP contribution is 2.14. The fourth-order valence-corrected chi connectivity index (χ4v) is 2.63. The molecule has 17 heavy (non-hydrogen) atoms.